The zero-order chi connectivity index (χ0) is 20.8. The number of aromatic nitrogens is 2. The number of nitrogens with zero attached hydrogens (tertiary/aromatic N) is 3. The zero-order valence-corrected chi connectivity index (χ0v) is 17.2. The molecule has 8 heteroatoms. The third-order valence-electron chi connectivity index (χ3n) is 4.29. The van der Waals surface area contributed by atoms with Crippen molar-refractivity contribution in [2.45, 2.75) is 43.8 Å². The van der Waals surface area contributed by atoms with Crippen LogP contribution >= 0.6 is 11.8 Å². The average molecular weight is 413 g/mol. The van der Waals surface area contributed by atoms with Gasteiger partial charge in [-0.1, -0.05) is 36.0 Å². The Balaban J connectivity index is 1.86. The Bertz CT molecular complexity index is 1070. The summed E-state index contributed by atoms with van der Waals surface area (Å²) in [6.45, 7) is 5.01. The largest absolute Gasteiger partial charge is 0.379 e. The lowest BCUT2D eigenvalue weighted by Crippen LogP contribution is -2.24. The molecule has 0 fully saturated rings. The highest BCUT2D eigenvalue weighted by molar-refractivity contribution is 7.98. The summed E-state index contributed by atoms with van der Waals surface area (Å²) < 4.78 is 7.26. The molecule has 0 atom stereocenters. The van der Waals surface area contributed by atoms with Crippen LogP contribution in [0.4, 0.5) is 5.69 Å². The number of para-hydroxylation sites is 1. The topological polar surface area (TPSA) is 87.3 Å². The molecule has 0 amide bonds. The van der Waals surface area contributed by atoms with E-state index in [2.05, 4.69) is 4.98 Å². The Kier molecular flexibility index (Phi) is 7.00. The summed E-state index contributed by atoms with van der Waals surface area (Å²) in [5, 5.41) is 12.2. The number of thioether (sulfide) groups is 1. The van der Waals surface area contributed by atoms with Gasteiger partial charge < -0.3 is 4.74 Å². The molecule has 0 aliphatic rings. The fourth-order valence-electron chi connectivity index (χ4n) is 2.90. The Morgan fingerprint density at radius 3 is 2.76 bits per heavy atom. The molecule has 1 aromatic heterocycles. The summed E-state index contributed by atoms with van der Waals surface area (Å²) in [5.74, 6) is 0.481. The van der Waals surface area contributed by atoms with E-state index in [1.807, 2.05) is 38.1 Å². The van der Waals surface area contributed by atoms with Crippen LogP contribution in [0.5, 0.6) is 0 Å². The number of fused-ring (bicyclic) bond motifs is 1. The van der Waals surface area contributed by atoms with Crippen LogP contribution in [0.3, 0.4) is 0 Å². The lowest BCUT2D eigenvalue weighted by molar-refractivity contribution is -0.384. The van der Waals surface area contributed by atoms with Crippen molar-refractivity contribution in [2.24, 2.45) is 0 Å². The van der Waals surface area contributed by atoms with E-state index in [0.717, 1.165) is 5.56 Å². The number of nitro groups is 1. The second-order valence-electron chi connectivity index (χ2n) is 6.86. The van der Waals surface area contributed by atoms with Crippen molar-refractivity contribution >= 4 is 28.4 Å². The van der Waals surface area contributed by atoms with E-state index in [1.165, 1.54) is 17.8 Å². The van der Waals surface area contributed by atoms with E-state index < -0.39 is 4.92 Å². The Morgan fingerprint density at radius 2 is 2.00 bits per heavy atom. The highest BCUT2D eigenvalue weighted by atomic mass is 32.2. The summed E-state index contributed by atoms with van der Waals surface area (Å²) in [5.41, 5.74) is 1.43. The summed E-state index contributed by atoms with van der Waals surface area (Å²) in [7, 11) is 0. The first-order valence-electron chi connectivity index (χ1n) is 9.43. The molecule has 0 aliphatic carbocycles. The fourth-order valence-corrected chi connectivity index (χ4v) is 3.87. The summed E-state index contributed by atoms with van der Waals surface area (Å²) in [6, 6.07) is 13.8. The molecule has 1 heterocycles. The van der Waals surface area contributed by atoms with E-state index in [9.17, 15) is 14.9 Å². The van der Waals surface area contributed by atoms with Crippen LogP contribution in [-0.2, 0) is 17.0 Å². The number of hydrogen-bond donors (Lipinski definition) is 0. The normalized spacial score (nSPS) is 11.3. The number of rotatable bonds is 9. The van der Waals surface area contributed by atoms with Crippen molar-refractivity contribution in [3.05, 3.63) is 74.6 Å². The van der Waals surface area contributed by atoms with E-state index >= 15 is 0 Å². The first-order valence-corrected chi connectivity index (χ1v) is 10.4. The Morgan fingerprint density at radius 1 is 1.21 bits per heavy atom. The monoisotopic (exact) mass is 413 g/mol. The van der Waals surface area contributed by atoms with E-state index in [4.69, 9.17) is 4.74 Å². The quantitative estimate of drug-likeness (QED) is 0.170. The van der Waals surface area contributed by atoms with E-state index in [0.29, 0.717) is 41.4 Å². The number of benzene rings is 2. The summed E-state index contributed by atoms with van der Waals surface area (Å²) in [6.07, 6.45) is 0.840. The maximum atomic E-state index is 13.0. The number of ether oxygens (including phenoxy) is 1. The van der Waals surface area contributed by atoms with Gasteiger partial charge in [0.1, 0.15) is 0 Å². The molecule has 0 N–H and O–H groups in total. The Labute approximate surface area is 172 Å². The van der Waals surface area contributed by atoms with Crippen molar-refractivity contribution in [1.29, 1.82) is 0 Å². The molecule has 3 aromatic rings. The molecule has 0 saturated heterocycles. The molecular weight excluding hydrogens is 390 g/mol. The minimum Gasteiger partial charge on any atom is -0.379 e. The number of hydrogen-bond acceptors (Lipinski definition) is 6. The van der Waals surface area contributed by atoms with Gasteiger partial charge in [-0.05, 0) is 38.0 Å². The fraction of sp³-hybridized carbons (Fsp3) is 0.333. The van der Waals surface area contributed by atoms with Crippen molar-refractivity contribution in [3.8, 4) is 0 Å². The molecule has 29 heavy (non-hydrogen) atoms. The predicted octanol–water partition coefficient (Wildman–Crippen LogP) is 4.41. The lowest BCUT2D eigenvalue weighted by atomic mass is 10.2. The first kappa shape index (κ1) is 21.0. The van der Waals surface area contributed by atoms with Gasteiger partial charge in [-0.25, -0.2) is 4.98 Å². The van der Waals surface area contributed by atoms with E-state index in [1.54, 1.807) is 22.8 Å². The predicted molar refractivity (Wildman–Crippen MR) is 114 cm³/mol. The number of non-ortho nitro benzene ring substituents is 1. The highest BCUT2D eigenvalue weighted by Crippen LogP contribution is 2.24. The minimum absolute atomic E-state index is 0.0535. The summed E-state index contributed by atoms with van der Waals surface area (Å²) in [4.78, 5) is 28.3. The van der Waals surface area contributed by atoms with Gasteiger partial charge in [0.2, 0.25) is 0 Å². The first-order chi connectivity index (χ1) is 14.0. The maximum absolute atomic E-state index is 13.0. The maximum Gasteiger partial charge on any atom is 0.269 e. The molecule has 0 bridgehead atoms. The van der Waals surface area contributed by atoms with E-state index in [-0.39, 0.29) is 17.4 Å². The van der Waals surface area contributed by atoms with Crippen molar-refractivity contribution in [2.75, 3.05) is 6.61 Å². The van der Waals surface area contributed by atoms with Gasteiger partial charge in [0, 0.05) is 31.0 Å². The van der Waals surface area contributed by atoms with Gasteiger partial charge in [-0.2, -0.15) is 0 Å². The van der Waals surface area contributed by atoms with Crippen molar-refractivity contribution in [1.82, 2.24) is 9.55 Å². The second-order valence-corrected chi connectivity index (χ2v) is 7.80. The smallest absolute Gasteiger partial charge is 0.269 e. The molecule has 7 nitrogen and oxygen atoms in total. The standard InChI is InChI=1S/C21H23N3O4S/c1-15(2)28-12-6-11-23-20(25)18-9-3-4-10-19(18)22-21(23)29-14-16-7-5-8-17(13-16)24(26)27/h3-5,7-10,13,15H,6,11-12,14H2,1-2H3. The van der Waals surface area contributed by atoms with Gasteiger partial charge >= 0.3 is 0 Å². The molecule has 2 aromatic carbocycles. The average Bonchev–Trinajstić information content (AvgIpc) is 2.71. The molecule has 0 radical (unpaired) electrons. The molecule has 0 spiro atoms. The van der Waals surface area contributed by atoms with Crippen LogP contribution in [0, 0.1) is 10.1 Å². The SMILES string of the molecule is CC(C)OCCCn1c(SCc2cccc([N+](=O)[O-])c2)nc2ccccc2c1=O. The highest BCUT2D eigenvalue weighted by Gasteiger charge is 2.13. The van der Waals surface area contributed by atoms with Crippen LogP contribution in [-0.4, -0.2) is 27.2 Å². The third kappa shape index (κ3) is 5.42. The second kappa shape index (κ2) is 9.67. The molecule has 152 valence electrons. The van der Waals surface area contributed by atoms with Crippen molar-refractivity contribution in [3.63, 3.8) is 0 Å². The van der Waals surface area contributed by atoms with Crippen LogP contribution in [0.1, 0.15) is 25.8 Å². The van der Waals surface area contributed by atoms with Gasteiger partial charge in [0.05, 0.1) is 21.9 Å². The zero-order valence-electron chi connectivity index (χ0n) is 16.4. The van der Waals surface area contributed by atoms with Gasteiger partial charge in [0.15, 0.2) is 5.16 Å². The number of nitro benzene ring substituents is 1. The molecule has 0 unspecified atom stereocenters. The summed E-state index contributed by atoms with van der Waals surface area (Å²) >= 11 is 1.40. The lowest BCUT2D eigenvalue weighted by Gasteiger charge is -2.14. The van der Waals surface area contributed by atoms with Crippen LogP contribution in [0.15, 0.2) is 58.5 Å². The van der Waals surface area contributed by atoms with Crippen LogP contribution in [0.25, 0.3) is 10.9 Å². The molecular formula is C21H23N3O4S. The van der Waals surface area contributed by atoms with Gasteiger partial charge in [-0.3, -0.25) is 19.5 Å². The molecule has 0 saturated carbocycles. The van der Waals surface area contributed by atoms with Crippen LogP contribution < -0.4 is 5.56 Å². The van der Waals surface area contributed by atoms with Gasteiger partial charge in [0.25, 0.3) is 11.2 Å². The third-order valence-corrected chi connectivity index (χ3v) is 5.34. The van der Waals surface area contributed by atoms with Gasteiger partial charge in [-0.15, -0.1) is 0 Å². The molecule has 3 rings (SSSR count). The van der Waals surface area contributed by atoms with Crippen LogP contribution in [0.2, 0.25) is 0 Å². The van der Waals surface area contributed by atoms with Crippen molar-refractivity contribution < 1.29 is 9.66 Å². The molecule has 0 aliphatic heterocycles. The Hall–Kier alpha value is -2.71. The minimum atomic E-state index is -0.410.